The Morgan fingerprint density at radius 1 is 1.35 bits per heavy atom. The highest BCUT2D eigenvalue weighted by Crippen LogP contribution is 2.23. The van der Waals surface area contributed by atoms with Crippen molar-refractivity contribution in [1.29, 1.82) is 0 Å². The van der Waals surface area contributed by atoms with E-state index >= 15 is 0 Å². The van der Waals surface area contributed by atoms with Gasteiger partial charge in [-0.25, -0.2) is 9.59 Å². The average molecular weight is 242 g/mol. The summed E-state index contributed by atoms with van der Waals surface area (Å²) in [5.74, 6) is -0.405. The highest BCUT2D eigenvalue weighted by atomic mass is 16.4. The molecule has 0 bridgehead atoms. The van der Waals surface area contributed by atoms with Crippen molar-refractivity contribution in [2.75, 3.05) is 6.54 Å². The Kier molecular flexibility index (Phi) is 5.80. The van der Waals surface area contributed by atoms with E-state index < -0.39 is 12.0 Å². The monoisotopic (exact) mass is 242 g/mol. The number of rotatable bonds is 6. The minimum atomic E-state index is -0.970. The lowest BCUT2D eigenvalue weighted by molar-refractivity contribution is -0.139. The Hall–Kier alpha value is -1.26. The van der Waals surface area contributed by atoms with Gasteiger partial charge < -0.3 is 15.7 Å². The molecule has 0 unspecified atom stereocenters. The molecule has 5 heteroatoms. The molecule has 17 heavy (non-hydrogen) atoms. The van der Waals surface area contributed by atoms with Gasteiger partial charge in [-0.15, -0.1) is 0 Å². The van der Waals surface area contributed by atoms with Crippen molar-refractivity contribution in [2.45, 2.75) is 51.5 Å². The normalized spacial score (nSPS) is 17.7. The Labute approximate surface area is 102 Å². The molecule has 98 valence electrons. The summed E-state index contributed by atoms with van der Waals surface area (Å²) in [7, 11) is 0. The summed E-state index contributed by atoms with van der Waals surface area (Å²) in [6.07, 6.45) is 6.00. The molecule has 0 aromatic heterocycles. The van der Waals surface area contributed by atoms with Crippen LogP contribution in [0.3, 0.4) is 0 Å². The summed E-state index contributed by atoms with van der Waals surface area (Å²) in [6, 6.07) is -1.14. The molecule has 0 spiro atoms. The van der Waals surface area contributed by atoms with Crippen molar-refractivity contribution >= 4 is 12.0 Å². The third-order valence-corrected chi connectivity index (χ3v) is 3.21. The molecule has 2 amide bonds. The van der Waals surface area contributed by atoms with Gasteiger partial charge in [0.05, 0.1) is 0 Å². The van der Waals surface area contributed by atoms with E-state index in [9.17, 15) is 9.59 Å². The predicted octanol–water partition coefficient (Wildman–Crippen LogP) is 1.73. The van der Waals surface area contributed by atoms with Crippen LogP contribution in [0.25, 0.3) is 0 Å². The zero-order valence-electron chi connectivity index (χ0n) is 10.4. The standard InChI is InChI=1S/C12H22N2O3/c1-2-5-10(11(15)16)14-12(17)13-8-9-6-3-4-7-9/h9-10H,2-8H2,1H3,(H,15,16)(H2,13,14,17)/t10-/m1/s1. The summed E-state index contributed by atoms with van der Waals surface area (Å²) in [6.45, 7) is 2.55. The number of carbonyl (C=O) groups is 2. The van der Waals surface area contributed by atoms with Gasteiger partial charge >= 0.3 is 12.0 Å². The molecule has 1 aliphatic rings. The first-order chi connectivity index (χ1) is 8.13. The van der Waals surface area contributed by atoms with E-state index in [1.807, 2.05) is 6.92 Å². The van der Waals surface area contributed by atoms with Crippen LogP contribution >= 0.6 is 0 Å². The molecule has 0 aliphatic heterocycles. The van der Waals surface area contributed by atoms with Crippen LogP contribution in [0.1, 0.15) is 45.4 Å². The number of nitrogens with one attached hydrogen (secondary N) is 2. The second-order valence-corrected chi connectivity index (χ2v) is 4.68. The summed E-state index contributed by atoms with van der Waals surface area (Å²) in [5.41, 5.74) is 0. The van der Waals surface area contributed by atoms with Gasteiger partial charge in [0.25, 0.3) is 0 Å². The molecule has 0 aromatic rings. The first-order valence-electron chi connectivity index (χ1n) is 6.40. The fourth-order valence-corrected chi connectivity index (χ4v) is 2.21. The van der Waals surface area contributed by atoms with Crippen LogP contribution in [0.5, 0.6) is 0 Å². The zero-order chi connectivity index (χ0) is 12.7. The largest absolute Gasteiger partial charge is 0.480 e. The number of carboxylic acids is 1. The van der Waals surface area contributed by atoms with Crippen LogP contribution in [0.4, 0.5) is 4.79 Å². The number of carbonyl (C=O) groups excluding carboxylic acids is 1. The second kappa shape index (κ2) is 7.14. The van der Waals surface area contributed by atoms with Crippen molar-refractivity contribution < 1.29 is 14.7 Å². The van der Waals surface area contributed by atoms with Crippen molar-refractivity contribution in [3.05, 3.63) is 0 Å². The SMILES string of the molecule is CCC[C@@H](NC(=O)NCC1CCCC1)C(=O)O. The topological polar surface area (TPSA) is 78.4 Å². The Balaban J connectivity index is 2.23. The molecular weight excluding hydrogens is 220 g/mol. The van der Waals surface area contributed by atoms with E-state index in [1.165, 1.54) is 12.8 Å². The Bertz CT molecular complexity index is 262. The van der Waals surface area contributed by atoms with E-state index in [1.54, 1.807) is 0 Å². The third-order valence-electron chi connectivity index (χ3n) is 3.21. The number of aliphatic carboxylic acids is 1. The van der Waals surface area contributed by atoms with Gasteiger partial charge in [-0.3, -0.25) is 0 Å². The highest BCUT2D eigenvalue weighted by molar-refractivity contribution is 5.82. The maximum Gasteiger partial charge on any atom is 0.326 e. The van der Waals surface area contributed by atoms with Crippen molar-refractivity contribution in [3.8, 4) is 0 Å². The molecule has 0 heterocycles. The van der Waals surface area contributed by atoms with Gasteiger partial charge in [0, 0.05) is 6.54 Å². The van der Waals surface area contributed by atoms with Crippen LogP contribution in [-0.4, -0.2) is 29.7 Å². The minimum absolute atomic E-state index is 0.363. The molecule has 0 radical (unpaired) electrons. The third kappa shape index (κ3) is 5.06. The van der Waals surface area contributed by atoms with Gasteiger partial charge in [0.1, 0.15) is 6.04 Å². The smallest absolute Gasteiger partial charge is 0.326 e. The van der Waals surface area contributed by atoms with Crippen LogP contribution < -0.4 is 10.6 Å². The van der Waals surface area contributed by atoms with Crippen LogP contribution in [0.2, 0.25) is 0 Å². The maximum absolute atomic E-state index is 11.5. The number of carboxylic acid groups (broad SMARTS) is 1. The maximum atomic E-state index is 11.5. The summed E-state index contributed by atoms with van der Waals surface area (Å²) >= 11 is 0. The van der Waals surface area contributed by atoms with E-state index in [0.29, 0.717) is 18.9 Å². The summed E-state index contributed by atoms with van der Waals surface area (Å²) in [4.78, 5) is 22.3. The average Bonchev–Trinajstić information content (AvgIpc) is 2.78. The first-order valence-corrected chi connectivity index (χ1v) is 6.40. The van der Waals surface area contributed by atoms with Gasteiger partial charge in [0.15, 0.2) is 0 Å². The van der Waals surface area contributed by atoms with Crippen molar-refractivity contribution in [1.82, 2.24) is 10.6 Å². The highest BCUT2D eigenvalue weighted by Gasteiger charge is 2.20. The van der Waals surface area contributed by atoms with Gasteiger partial charge in [-0.1, -0.05) is 26.2 Å². The fourth-order valence-electron chi connectivity index (χ4n) is 2.21. The quantitative estimate of drug-likeness (QED) is 0.663. The molecule has 3 N–H and O–H groups in total. The molecule has 0 saturated heterocycles. The van der Waals surface area contributed by atoms with Gasteiger partial charge in [-0.05, 0) is 25.2 Å². The van der Waals surface area contributed by atoms with E-state index in [0.717, 1.165) is 19.3 Å². The predicted molar refractivity (Wildman–Crippen MR) is 64.8 cm³/mol. The molecule has 1 saturated carbocycles. The lowest BCUT2D eigenvalue weighted by Crippen LogP contribution is -2.46. The van der Waals surface area contributed by atoms with Crippen LogP contribution in [0, 0.1) is 5.92 Å². The molecule has 1 atom stereocenters. The summed E-state index contributed by atoms with van der Waals surface area (Å²) < 4.78 is 0. The Morgan fingerprint density at radius 3 is 2.53 bits per heavy atom. The van der Waals surface area contributed by atoms with E-state index in [-0.39, 0.29) is 6.03 Å². The van der Waals surface area contributed by atoms with Crippen LogP contribution in [-0.2, 0) is 4.79 Å². The van der Waals surface area contributed by atoms with Crippen molar-refractivity contribution in [3.63, 3.8) is 0 Å². The van der Waals surface area contributed by atoms with E-state index in [2.05, 4.69) is 10.6 Å². The Morgan fingerprint density at radius 2 is 2.00 bits per heavy atom. The molecule has 1 fully saturated rings. The number of urea groups is 1. The molecular formula is C12H22N2O3. The zero-order valence-corrected chi connectivity index (χ0v) is 10.4. The lowest BCUT2D eigenvalue weighted by atomic mass is 10.1. The number of hydrogen-bond donors (Lipinski definition) is 3. The number of amides is 2. The van der Waals surface area contributed by atoms with Crippen LogP contribution in [0.15, 0.2) is 0 Å². The molecule has 5 nitrogen and oxygen atoms in total. The number of hydrogen-bond acceptors (Lipinski definition) is 2. The fraction of sp³-hybridized carbons (Fsp3) is 0.833. The van der Waals surface area contributed by atoms with E-state index in [4.69, 9.17) is 5.11 Å². The lowest BCUT2D eigenvalue weighted by Gasteiger charge is -2.16. The summed E-state index contributed by atoms with van der Waals surface area (Å²) in [5, 5.41) is 14.1. The van der Waals surface area contributed by atoms with Crippen molar-refractivity contribution in [2.24, 2.45) is 5.92 Å². The first kappa shape index (κ1) is 13.8. The second-order valence-electron chi connectivity index (χ2n) is 4.68. The minimum Gasteiger partial charge on any atom is -0.480 e. The van der Waals surface area contributed by atoms with Gasteiger partial charge in [0.2, 0.25) is 0 Å². The molecule has 1 rings (SSSR count). The molecule has 1 aliphatic carbocycles. The molecule has 0 aromatic carbocycles. The van der Waals surface area contributed by atoms with Gasteiger partial charge in [-0.2, -0.15) is 0 Å².